The molecule has 1 fully saturated rings. The van der Waals surface area contributed by atoms with Crippen molar-refractivity contribution in [3.63, 3.8) is 0 Å². The highest BCUT2D eigenvalue weighted by Crippen LogP contribution is 2.28. The smallest absolute Gasteiger partial charge is 0.338 e. The molecule has 2 amide bonds. The molecule has 0 unspecified atom stereocenters. The minimum atomic E-state index is -0.420. The summed E-state index contributed by atoms with van der Waals surface area (Å²) in [5.74, 6) is -0.252. The van der Waals surface area contributed by atoms with E-state index < -0.39 is 5.97 Å². The Morgan fingerprint density at radius 2 is 1.58 bits per heavy atom. The molecule has 7 heteroatoms. The van der Waals surface area contributed by atoms with Crippen molar-refractivity contribution in [2.75, 3.05) is 58.4 Å². The molecule has 3 aromatic carbocycles. The first-order chi connectivity index (χ1) is 18.5. The van der Waals surface area contributed by atoms with Crippen LogP contribution in [0.4, 0.5) is 10.5 Å². The number of ether oxygens (including phenoxy) is 2. The van der Waals surface area contributed by atoms with Gasteiger partial charge < -0.3 is 19.7 Å². The van der Waals surface area contributed by atoms with E-state index >= 15 is 0 Å². The number of carbonyl (C=O) groups is 2. The van der Waals surface area contributed by atoms with Crippen molar-refractivity contribution < 1.29 is 19.1 Å². The van der Waals surface area contributed by atoms with E-state index in [-0.39, 0.29) is 11.9 Å². The summed E-state index contributed by atoms with van der Waals surface area (Å²) in [6, 6.07) is 26.0. The van der Waals surface area contributed by atoms with Crippen LogP contribution in [0.3, 0.4) is 0 Å². The number of hydrogen-bond donors (Lipinski definition) is 1. The molecule has 3 aromatic rings. The third-order valence-electron chi connectivity index (χ3n) is 7.06. The monoisotopic (exact) mass is 515 g/mol. The lowest BCUT2D eigenvalue weighted by atomic mass is 9.88. The number of rotatable bonds is 10. The predicted octanol–water partition coefficient (Wildman–Crippen LogP) is 5.17. The highest BCUT2D eigenvalue weighted by atomic mass is 16.5. The largest absolute Gasteiger partial charge is 0.465 e. The van der Waals surface area contributed by atoms with Gasteiger partial charge in [0.05, 0.1) is 25.9 Å². The highest BCUT2D eigenvalue weighted by Gasteiger charge is 2.21. The lowest BCUT2D eigenvalue weighted by Crippen LogP contribution is -2.44. The van der Waals surface area contributed by atoms with Gasteiger partial charge in [0.1, 0.15) is 0 Å². The van der Waals surface area contributed by atoms with E-state index in [2.05, 4.69) is 58.7 Å². The first-order valence-electron chi connectivity index (χ1n) is 13.2. The van der Waals surface area contributed by atoms with Gasteiger partial charge in [-0.05, 0) is 42.2 Å². The number of anilines is 1. The van der Waals surface area contributed by atoms with Gasteiger partial charge in [-0.25, -0.2) is 9.59 Å². The zero-order valence-corrected chi connectivity index (χ0v) is 22.3. The predicted molar refractivity (Wildman–Crippen MR) is 150 cm³/mol. The van der Waals surface area contributed by atoms with Crippen LogP contribution in [-0.4, -0.2) is 74.8 Å². The quantitative estimate of drug-likeness (QED) is 0.377. The van der Waals surface area contributed by atoms with Crippen molar-refractivity contribution >= 4 is 17.7 Å². The molecule has 7 nitrogen and oxygen atoms in total. The van der Waals surface area contributed by atoms with Crippen LogP contribution in [0.15, 0.2) is 78.9 Å². The average Bonchev–Trinajstić information content (AvgIpc) is 2.97. The number of nitrogens with zero attached hydrogens (tertiary/aromatic N) is 2. The third-order valence-corrected chi connectivity index (χ3v) is 7.06. The Hall–Kier alpha value is -3.68. The maximum atomic E-state index is 13.6. The zero-order chi connectivity index (χ0) is 26.7. The molecule has 4 rings (SSSR count). The van der Waals surface area contributed by atoms with Crippen molar-refractivity contribution in [2.24, 2.45) is 0 Å². The maximum Gasteiger partial charge on any atom is 0.338 e. The van der Waals surface area contributed by atoms with Gasteiger partial charge in [-0.2, -0.15) is 0 Å². The molecule has 1 aliphatic rings. The number of hydrogen-bond acceptors (Lipinski definition) is 5. The first kappa shape index (κ1) is 27.4. The van der Waals surface area contributed by atoms with Crippen LogP contribution in [0.5, 0.6) is 0 Å². The van der Waals surface area contributed by atoms with Crippen LogP contribution in [-0.2, 0) is 9.47 Å². The lowest BCUT2D eigenvalue weighted by molar-refractivity contribution is 0.0351. The molecule has 0 aliphatic carbocycles. The topological polar surface area (TPSA) is 71.1 Å². The van der Waals surface area contributed by atoms with Gasteiger partial charge in [0.25, 0.3) is 0 Å². The van der Waals surface area contributed by atoms with Crippen LogP contribution in [0.2, 0.25) is 0 Å². The molecule has 0 spiro atoms. The summed E-state index contributed by atoms with van der Waals surface area (Å²) < 4.78 is 10.4. The summed E-state index contributed by atoms with van der Waals surface area (Å²) in [5, 5.41) is 3.02. The molecule has 1 aliphatic heterocycles. The molecular weight excluding hydrogens is 478 g/mol. The van der Waals surface area contributed by atoms with E-state index in [1.54, 1.807) is 6.07 Å². The minimum Gasteiger partial charge on any atom is -0.465 e. The molecule has 200 valence electrons. The van der Waals surface area contributed by atoms with Crippen LogP contribution >= 0.6 is 0 Å². The summed E-state index contributed by atoms with van der Waals surface area (Å²) in [6.45, 7) is 6.97. The molecule has 0 radical (unpaired) electrons. The summed E-state index contributed by atoms with van der Waals surface area (Å²) >= 11 is 0. The van der Waals surface area contributed by atoms with Gasteiger partial charge in [-0.15, -0.1) is 0 Å². The molecule has 0 aromatic heterocycles. The fraction of sp³-hybridized carbons (Fsp3) is 0.355. The number of urea groups is 1. The summed E-state index contributed by atoms with van der Waals surface area (Å²) in [7, 11) is 1.36. The lowest BCUT2D eigenvalue weighted by Gasteiger charge is -2.31. The van der Waals surface area contributed by atoms with Crippen molar-refractivity contribution in [2.45, 2.75) is 19.3 Å². The minimum absolute atomic E-state index is 0.168. The Labute approximate surface area is 225 Å². The van der Waals surface area contributed by atoms with Gasteiger partial charge in [0.2, 0.25) is 0 Å². The van der Waals surface area contributed by atoms with Crippen molar-refractivity contribution in [1.82, 2.24) is 9.80 Å². The second kappa shape index (κ2) is 13.7. The van der Waals surface area contributed by atoms with E-state index in [4.69, 9.17) is 9.47 Å². The number of amides is 2. The van der Waals surface area contributed by atoms with Gasteiger partial charge >= 0.3 is 12.0 Å². The Kier molecular flexibility index (Phi) is 9.90. The molecule has 1 saturated heterocycles. The number of nitrogens with one attached hydrogen (secondary N) is 1. The Balaban J connectivity index is 1.52. The van der Waals surface area contributed by atoms with Crippen molar-refractivity contribution in [1.29, 1.82) is 0 Å². The van der Waals surface area contributed by atoms with E-state index in [0.717, 1.165) is 44.8 Å². The molecule has 0 atom stereocenters. The number of benzene rings is 3. The van der Waals surface area contributed by atoms with Gasteiger partial charge in [0.15, 0.2) is 0 Å². The Morgan fingerprint density at radius 1 is 0.947 bits per heavy atom. The van der Waals surface area contributed by atoms with Crippen molar-refractivity contribution in [3.05, 3.63) is 101 Å². The molecule has 1 heterocycles. The summed E-state index contributed by atoms with van der Waals surface area (Å²) in [5.41, 5.74) is 4.27. The zero-order valence-electron chi connectivity index (χ0n) is 22.3. The molecule has 0 bridgehead atoms. The average molecular weight is 516 g/mol. The SMILES string of the molecule is COC(=O)c1cc(NC(=O)N(CCC(c2ccccc2)c2ccccc2)CCN2CCOCC2)ccc1C. The summed E-state index contributed by atoms with van der Waals surface area (Å²) in [6.07, 6.45) is 0.784. The van der Waals surface area contributed by atoms with Crippen LogP contribution < -0.4 is 5.32 Å². The third kappa shape index (κ3) is 7.43. The Morgan fingerprint density at radius 3 is 2.18 bits per heavy atom. The van der Waals surface area contributed by atoms with Crippen LogP contribution in [0, 0.1) is 6.92 Å². The normalized spacial score (nSPS) is 13.8. The van der Waals surface area contributed by atoms with Crippen LogP contribution in [0.25, 0.3) is 0 Å². The number of methoxy groups -OCH3 is 1. The second-order valence-electron chi connectivity index (χ2n) is 9.56. The first-order valence-corrected chi connectivity index (χ1v) is 13.2. The fourth-order valence-corrected chi connectivity index (χ4v) is 4.82. The van der Waals surface area contributed by atoms with Gasteiger partial charge in [-0.1, -0.05) is 66.7 Å². The van der Waals surface area contributed by atoms with E-state index in [1.807, 2.05) is 36.1 Å². The van der Waals surface area contributed by atoms with E-state index in [1.165, 1.54) is 18.2 Å². The molecular formula is C31H37N3O4. The standard InChI is InChI=1S/C31H37N3O4/c1-24-13-14-27(23-29(24)30(35)37-2)32-31(36)34(18-17-33-19-21-38-22-20-33)16-15-28(25-9-5-3-6-10-25)26-11-7-4-8-12-26/h3-14,23,28H,15-22H2,1-2H3,(H,32,36). The molecule has 38 heavy (non-hydrogen) atoms. The maximum absolute atomic E-state index is 13.6. The molecule has 1 N–H and O–H groups in total. The number of esters is 1. The van der Waals surface area contributed by atoms with E-state index in [0.29, 0.717) is 24.3 Å². The Bertz CT molecular complexity index is 1140. The van der Waals surface area contributed by atoms with Crippen LogP contribution in [0.1, 0.15) is 39.4 Å². The van der Waals surface area contributed by atoms with Gasteiger partial charge in [0, 0.05) is 44.3 Å². The number of carbonyl (C=O) groups excluding carboxylic acids is 2. The fourth-order valence-electron chi connectivity index (χ4n) is 4.82. The van der Waals surface area contributed by atoms with Crippen molar-refractivity contribution in [3.8, 4) is 0 Å². The second-order valence-corrected chi connectivity index (χ2v) is 9.56. The summed E-state index contributed by atoms with van der Waals surface area (Å²) in [4.78, 5) is 29.9. The number of morpholine rings is 1. The van der Waals surface area contributed by atoms with E-state index in [9.17, 15) is 9.59 Å². The number of aryl methyl sites for hydroxylation is 1. The molecule has 0 saturated carbocycles. The highest BCUT2D eigenvalue weighted by molar-refractivity contribution is 5.95. The van der Waals surface area contributed by atoms with Gasteiger partial charge in [-0.3, -0.25) is 4.90 Å².